The number of carbonyl (C=O) groups excluding carboxylic acids is 1. The van der Waals surface area contributed by atoms with Gasteiger partial charge in [0, 0.05) is 17.3 Å². The van der Waals surface area contributed by atoms with E-state index >= 15 is 0 Å². The van der Waals surface area contributed by atoms with Gasteiger partial charge in [-0.3, -0.25) is 9.59 Å². The lowest BCUT2D eigenvalue weighted by Gasteiger charge is -2.15. The zero-order chi connectivity index (χ0) is 20.5. The molecule has 0 bridgehead atoms. The Morgan fingerprint density at radius 2 is 1.90 bits per heavy atom. The molecule has 0 fully saturated rings. The smallest absolute Gasteiger partial charge is 0.267 e. The van der Waals surface area contributed by atoms with Gasteiger partial charge in [0.15, 0.2) is 0 Å². The number of nitrogens with one attached hydrogen (secondary N) is 1. The van der Waals surface area contributed by atoms with Crippen LogP contribution in [0.3, 0.4) is 0 Å². The van der Waals surface area contributed by atoms with Gasteiger partial charge in [0.05, 0.1) is 20.9 Å². The molecule has 6 nitrogen and oxygen atoms in total. The topological polar surface area (TPSA) is 76.9 Å². The highest BCUT2D eigenvalue weighted by Crippen LogP contribution is 2.25. The van der Waals surface area contributed by atoms with Crippen LogP contribution in [0.2, 0.25) is 0 Å². The van der Waals surface area contributed by atoms with E-state index in [1.807, 2.05) is 13.0 Å². The molecule has 0 aliphatic heterocycles. The van der Waals surface area contributed by atoms with Crippen molar-refractivity contribution >= 4 is 33.1 Å². The zero-order valence-electron chi connectivity index (χ0n) is 15.7. The second-order valence-electron chi connectivity index (χ2n) is 6.59. The summed E-state index contributed by atoms with van der Waals surface area (Å²) in [4.78, 5) is 29.4. The van der Waals surface area contributed by atoms with Gasteiger partial charge in [-0.25, -0.2) is 14.1 Å². The van der Waals surface area contributed by atoms with Gasteiger partial charge in [0.25, 0.3) is 5.56 Å². The number of thiazole rings is 1. The molecular weight excluding hydrogens is 391 g/mol. The van der Waals surface area contributed by atoms with E-state index in [1.54, 1.807) is 48.6 Å². The molecule has 0 saturated heterocycles. The summed E-state index contributed by atoms with van der Waals surface area (Å²) in [5, 5.41) is 8.06. The lowest BCUT2D eigenvalue weighted by atomic mass is 10.1. The summed E-state index contributed by atoms with van der Waals surface area (Å²) in [7, 11) is 0. The fraction of sp³-hybridized carbons (Fsp3) is 0.143. The van der Waals surface area contributed by atoms with E-state index in [9.17, 15) is 14.0 Å². The summed E-state index contributed by atoms with van der Waals surface area (Å²) in [5.41, 5.74) is 2.14. The van der Waals surface area contributed by atoms with E-state index in [4.69, 9.17) is 0 Å². The number of anilines is 1. The Kier molecular flexibility index (Phi) is 4.94. The number of hydrogen-bond acceptors (Lipinski definition) is 5. The van der Waals surface area contributed by atoms with Gasteiger partial charge in [0.2, 0.25) is 5.91 Å². The normalized spacial score (nSPS) is 12.1. The molecule has 2 heterocycles. The quantitative estimate of drug-likeness (QED) is 0.550. The summed E-state index contributed by atoms with van der Waals surface area (Å²) in [6.07, 6.45) is 0. The fourth-order valence-corrected chi connectivity index (χ4v) is 3.76. The number of aryl methyl sites for hydroxylation is 1. The second-order valence-corrected chi connectivity index (χ2v) is 7.82. The van der Waals surface area contributed by atoms with Crippen LogP contribution in [-0.4, -0.2) is 20.7 Å². The first-order chi connectivity index (χ1) is 13.9. The molecule has 0 radical (unpaired) electrons. The van der Waals surface area contributed by atoms with Crippen LogP contribution in [0.1, 0.15) is 18.0 Å². The molecule has 0 aliphatic carbocycles. The van der Waals surface area contributed by atoms with Crippen LogP contribution >= 0.6 is 11.3 Å². The highest BCUT2D eigenvalue weighted by molar-refractivity contribution is 7.18. The Labute approximate surface area is 169 Å². The molecule has 146 valence electrons. The van der Waals surface area contributed by atoms with Crippen molar-refractivity contribution in [2.75, 3.05) is 5.32 Å². The van der Waals surface area contributed by atoms with E-state index in [-0.39, 0.29) is 11.7 Å². The molecule has 2 aromatic carbocycles. The Morgan fingerprint density at radius 1 is 1.14 bits per heavy atom. The SMILES string of the molecule is Cc1nc2cc(NC(=O)C(C)n3nc(-c4ccc(F)cc4)ccc3=O)ccc2s1. The summed E-state index contributed by atoms with van der Waals surface area (Å²) in [6, 6.07) is 13.3. The van der Waals surface area contributed by atoms with Gasteiger partial charge < -0.3 is 5.32 Å². The van der Waals surface area contributed by atoms with Crippen LogP contribution in [0.25, 0.3) is 21.5 Å². The van der Waals surface area contributed by atoms with E-state index < -0.39 is 11.6 Å². The predicted octanol–water partition coefficient (Wildman–Crippen LogP) is 4.17. The second kappa shape index (κ2) is 7.56. The first kappa shape index (κ1) is 18.9. The number of benzene rings is 2. The van der Waals surface area contributed by atoms with Crippen LogP contribution in [-0.2, 0) is 4.79 Å². The van der Waals surface area contributed by atoms with E-state index in [1.165, 1.54) is 18.2 Å². The van der Waals surface area contributed by atoms with Crippen molar-refractivity contribution in [1.82, 2.24) is 14.8 Å². The first-order valence-corrected chi connectivity index (χ1v) is 9.76. The molecule has 1 unspecified atom stereocenters. The van der Waals surface area contributed by atoms with E-state index in [0.29, 0.717) is 16.9 Å². The molecule has 8 heteroatoms. The molecular formula is C21H17FN4O2S. The number of fused-ring (bicyclic) bond motifs is 1. The van der Waals surface area contributed by atoms with Crippen molar-refractivity contribution in [3.63, 3.8) is 0 Å². The standard InChI is InChI=1S/C21H17FN4O2S/c1-12(21(28)24-16-7-9-19-18(11-16)23-13(2)29-19)26-20(27)10-8-17(25-26)14-3-5-15(22)6-4-14/h3-12H,1-2H3,(H,24,28). The maximum Gasteiger partial charge on any atom is 0.267 e. The Hall–Kier alpha value is -3.39. The van der Waals surface area contributed by atoms with Gasteiger partial charge in [0.1, 0.15) is 11.9 Å². The molecule has 1 amide bonds. The zero-order valence-corrected chi connectivity index (χ0v) is 16.5. The third kappa shape index (κ3) is 3.93. The number of carbonyl (C=O) groups is 1. The van der Waals surface area contributed by atoms with Crippen LogP contribution in [0.15, 0.2) is 59.4 Å². The number of hydrogen-bond donors (Lipinski definition) is 1. The average molecular weight is 408 g/mol. The summed E-state index contributed by atoms with van der Waals surface area (Å²) in [6.45, 7) is 3.53. The predicted molar refractivity (Wildman–Crippen MR) is 112 cm³/mol. The van der Waals surface area contributed by atoms with Gasteiger partial charge in [-0.15, -0.1) is 11.3 Å². The highest BCUT2D eigenvalue weighted by atomic mass is 32.1. The molecule has 0 aliphatic rings. The maximum absolute atomic E-state index is 13.2. The highest BCUT2D eigenvalue weighted by Gasteiger charge is 2.18. The Balaban J connectivity index is 1.59. The first-order valence-electron chi connectivity index (χ1n) is 8.94. The minimum atomic E-state index is -0.837. The van der Waals surface area contributed by atoms with Gasteiger partial charge in [-0.05, 0) is 62.4 Å². The average Bonchev–Trinajstić information content (AvgIpc) is 3.08. The fourth-order valence-electron chi connectivity index (χ4n) is 2.96. The summed E-state index contributed by atoms with van der Waals surface area (Å²) >= 11 is 1.58. The van der Waals surface area contributed by atoms with Crippen molar-refractivity contribution in [3.05, 3.63) is 75.8 Å². The van der Waals surface area contributed by atoms with Crippen molar-refractivity contribution in [3.8, 4) is 11.3 Å². The third-order valence-corrected chi connectivity index (χ3v) is 5.43. The van der Waals surface area contributed by atoms with Crippen molar-refractivity contribution in [1.29, 1.82) is 0 Å². The third-order valence-electron chi connectivity index (χ3n) is 4.47. The number of halogens is 1. The Morgan fingerprint density at radius 3 is 2.66 bits per heavy atom. The molecule has 4 aromatic rings. The molecule has 1 atom stereocenters. The van der Waals surface area contributed by atoms with Crippen molar-refractivity contribution in [2.45, 2.75) is 19.9 Å². The molecule has 2 aromatic heterocycles. The number of aromatic nitrogens is 3. The number of nitrogens with zero attached hydrogens (tertiary/aromatic N) is 3. The van der Waals surface area contributed by atoms with E-state index in [0.717, 1.165) is 19.9 Å². The minimum Gasteiger partial charge on any atom is -0.324 e. The van der Waals surface area contributed by atoms with Crippen molar-refractivity contribution < 1.29 is 9.18 Å². The largest absolute Gasteiger partial charge is 0.324 e. The minimum absolute atomic E-state index is 0.359. The van der Waals surface area contributed by atoms with Crippen molar-refractivity contribution in [2.24, 2.45) is 0 Å². The number of amides is 1. The van der Waals surface area contributed by atoms with Crippen LogP contribution in [0, 0.1) is 12.7 Å². The Bertz CT molecular complexity index is 1260. The lowest BCUT2D eigenvalue weighted by molar-refractivity contribution is -0.119. The monoisotopic (exact) mass is 408 g/mol. The maximum atomic E-state index is 13.2. The molecule has 4 rings (SSSR count). The van der Waals surface area contributed by atoms with Crippen LogP contribution < -0.4 is 10.9 Å². The summed E-state index contributed by atoms with van der Waals surface area (Å²) < 4.78 is 15.3. The molecule has 0 saturated carbocycles. The van der Waals surface area contributed by atoms with Crippen LogP contribution in [0.5, 0.6) is 0 Å². The van der Waals surface area contributed by atoms with E-state index in [2.05, 4.69) is 15.4 Å². The molecule has 1 N–H and O–H groups in total. The molecule has 29 heavy (non-hydrogen) atoms. The van der Waals surface area contributed by atoms with Gasteiger partial charge in [-0.1, -0.05) is 0 Å². The number of rotatable bonds is 4. The van der Waals surface area contributed by atoms with Gasteiger partial charge >= 0.3 is 0 Å². The van der Waals surface area contributed by atoms with Gasteiger partial charge in [-0.2, -0.15) is 5.10 Å². The van der Waals surface area contributed by atoms with Crippen LogP contribution in [0.4, 0.5) is 10.1 Å². The lowest BCUT2D eigenvalue weighted by Crippen LogP contribution is -2.33. The summed E-state index contributed by atoms with van der Waals surface area (Å²) in [5.74, 6) is -0.732. The molecule has 0 spiro atoms.